The monoisotopic (exact) mass is 273 g/mol. The summed E-state index contributed by atoms with van der Waals surface area (Å²) >= 11 is 0. The van der Waals surface area contributed by atoms with Gasteiger partial charge in [0.15, 0.2) is 0 Å². The molecule has 7 nitrogen and oxygen atoms in total. The van der Waals surface area contributed by atoms with Gasteiger partial charge < -0.3 is 30.3 Å². The molecule has 0 saturated carbocycles. The molecule has 0 rings (SSSR count). The van der Waals surface area contributed by atoms with E-state index in [1.807, 2.05) is 0 Å². The maximum Gasteiger partial charge on any atom is 1.00 e. The van der Waals surface area contributed by atoms with Crippen LogP contribution in [-0.4, -0.2) is 75.3 Å². The van der Waals surface area contributed by atoms with Crippen LogP contribution in [0, 0.1) is 0 Å². The number of β-amino-alcohol motifs (C(OH)–C–C–N with tert-alkyl or cyclic N) is 2. The molecular formula is C10H20NNaO6. The fourth-order valence-corrected chi connectivity index (χ4v) is 1.28. The first-order chi connectivity index (χ1) is 7.75. The first kappa shape index (κ1) is 20.6. The van der Waals surface area contributed by atoms with Gasteiger partial charge in [-0.05, 0) is 13.8 Å². The summed E-state index contributed by atoms with van der Waals surface area (Å²) in [5.41, 5.74) is -1.42. The van der Waals surface area contributed by atoms with Crippen molar-refractivity contribution in [2.45, 2.75) is 31.6 Å². The van der Waals surface area contributed by atoms with E-state index >= 15 is 0 Å². The molecule has 0 amide bonds. The van der Waals surface area contributed by atoms with Crippen LogP contribution in [-0.2, 0) is 4.79 Å². The quantitative estimate of drug-likeness (QED) is 0.324. The molecule has 8 heteroatoms. The number of aliphatic hydroxyl groups is 4. The molecule has 0 bridgehead atoms. The summed E-state index contributed by atoms with van der Waals surface area (Å²) in [5.74, 6) is -1.37. The number of rotatable bonds is 8. The van der Waals surface area contributed by atoms with Crippen molar-refractivity contribution in [2.75, 3.05) is 26.3 Å². The molecule has 18 heavy (non-hydrogen) atoms. The molecule has 0 heterocycles. The summed E-state index contributed by atoms with van der Waals surface area (Å²) in [4.78, 5) is 12.2. The second-order valence-electron chi connectivity index (χ2n) is 4.42. The summed E-state index contributed by atoms with van der Waals surface area (Å²) in [5, 5.41) is 47.0. The van der Waals surface area contributed by atoms with E-state index in [-0.39, 0.29) is 42.6 Å². The van der Waals surface area contributed by atoms with E-state index in [4.69, 9.17) is 10.2 Å². The molecular weight excluding hydrogens is 253 g/mol. The van der Waals surface area contributed by atoms with E-state index in [0.717, 1.165) is 0 Å². The standard InChI is InChI=1S/C10H21NO6.Na/c1-10(2,9(16)17)11(3-7(14)5-12)4-8(15)6-13;/h7-8,12-15H,3-6H2,1-2H3,(H,16,17);/q;+1/p-1. The van der Waals surface area contributed by atoms with Gasteiger partial charge >= 0.3 is 29.6 Å². The number of nitrogens with zero attached hydrogens (tertiary/aromatic N) is 1. The number of hydrogen-bond acceptors (Lipinski definition) is 7. The van der Waals surface area contributed by atoms with E-state index < -0.39 is 36.9 Å². The Morgan fingerprint density at radius 3 is 1.72 bits per heavy atom. The molecule has 0 aromatic rings. The molecule has 2 unspecified atom stereocenters. The first-order valence-electron chi connectivity index (χ1n) is 5.30. The molecule has 2 atom stereocenters. The summed E-state index contributed by atoms with van der Waals surface area (Å²) in [6.07, 6.45) is -2.25. The van der Waals surface area contributed by atoms with E-state index in [1.54, 1.807) is 0 Å². The van der Waals surface area contributed by atoms with Crippen LogP contribution in [0.2, 0.25) is 0 Å². The third-order valence-corrected chi connectivity index (χ3v) is 2.57. The van der Waals surface area contributed by atoms with Crippen LogP contribution in [0.25, 0.3) is 0 Å². The van der Waals surface area contributed by atoms with Crippen LogP contribution in [0.4, 0.5) is 0 Å². The predicted octanol–water partition coefficient (Wildman–Crippen LogP) is -6.47. The van der Waals surface area contributed by atoms with Gasteiger partial charge in [0.05, 0.1) is 36.9 Å². The zero-order chi connectivity index (χ0) is 13.6. The van der Waals surface area contributed by atoms with Crippen molar-refractivity contribution in [3.63, 3.8) is 0 Å². The van der Waals surface area contributed by atoms with E-state index in [0.29, 0.717) is 0 Å². The number of carboxylic acids is 1. The van der Waals surface area contributed by atoms with Crippen molar-refractivity contribution in [1.29, 1.82) is 0 Å². The Hall–Kier alpha value is 0.270. The molecule has 0 aliphatic heterocycles. The minimum absolute atomic E-state index is 0. The maximum atomic E-state index is 11.0. The second-order valence-corrected chi connectivity index (χ2v) is 4.42. The van der Waals surface area contributed by atoms with E-state index in [1.165, 1.54) is 18.7 Å². The zero-order valence-corrected chi connectivity index (χ0v) is 13.0. The molecule has 0 aromatic heterocycles. The van der Waals surface area contributed by atoms with Gasteiger partial charge in [-0.1, -0.05) is 0 Å². The minimum Gasteiger partial charge on any atom is -0.548 e. The zero-order valence-electron chi connectivity index (χ0n) is 11.0. The Morgan fingerprint density at radius 1 is 1.17 bits per heavy atom. The molecule has 0 radical (unpaired) electrons. The molecule has 0 fully saturated rings. The molecule has 102 valence electrons. The number of carbonyl (C=O) groups excluding carboxylic acids is 1. The molecule has 0 saturated heterocycles. The fraction of sp³-hybridized carbons (Fsp3) is 0.900. The molecule has 0 spiro atoms. The van der Waals surface area contributed by atoms with Gasteiger partial charge in [-0.25, -0.2) is 0 Å². The van der Waals surface area contributed by atoms with Gasteiger partial charge in [0.25, 0.3) is 0 Å². The van der Waals surface area contributed by atoms with E-state index in [9.17, 15) is 20.1 Å². The predicted molar refractivity (Wildman–Crippen MR) is 56.8 cm³/mol. The van der Waals surface area contributed by atoms with Crippen molar-refractivity contribution in [3.8, 4) is 0 Å². The van der Waals surface area contributed by atoms with Gasteiger partial charge in [-0.3, -0.25) is 4.90 Å². The first-order valence-corrected chi connectivity index (χ1v) is 5.30. The Morgan fingerprint density at radius 2 is 1.50 bits per heavy atom. The van der Waals surface area contributed by atoms with Crippen LogP contribution in [0.3, 0.4) is 0 Å². The van der Waals surface area contributed by atoms with Crippen molar-refractivity contribution < 1.29 is 59.9 Å². The third-order valence-electron chi connectivity index (χ3n) is 2.57. The topological polar surface area (TPSA) is 124 Å². The van der Waals surface area contributed by atoms with Gasteiger partial charge in [0.2, 0.25) is 0 Å². The van der Waals surface area contributed by atoms with Gasteiger partial charge in [-0.15, -0.1) is 0 Å². The van der Waals surface area contributed by atoms with Crippen LogP contribution in [0.1, 0.15) is 13.8 Å². The minimum atomic E-state index is -1.42. The number of aliphatic carboxylic acids is 1. The molecule has 4 N–H and O–H groups in total. The Kier molecular flexibility index (Phi) is 10.5. The van der Waals surface area contributed by atoms with Gasteiger partial charge in [0.1, 0.15) is 0 Å². The smallest absolute Gasteiger partial charge is 0.548 e. The summed E-state index contributed by atoms with van der Waals surface area (Å²) in [6.45, 7) is 1.39. The normalized spacial score (nSPS) is 15.1. The average molecular weight is 273 g/mol. The van der Waals surface area contributed by atoms with E-state index in [2.05, 4.69) is 0 Å². The fourth-order valence-electron chi connectivity index (χ4n) is 1.28. The van der Waals surface area contributed by atoms with Crippen molar-refractivity contribution in [2.24, 2.45) is 0 Å². The van der Waals surface area contributed by atoms with Crippen LogP contribution in [0.15, 0.2) is 0 Å². The summed E-state index contributed by atoms with van der Waals surface area (Å²) < 4.78 is 0. The third kappa shape index (κ3) is 6.44. The van der Waals surface area contributed by atoms with Gasteiger partial charge in [0, 0.05) is 13.1 Å². The van der Waals surface area contributed by atoms with Crippen molar-refractivity contribution in [1.82, 2.24) is 4.90 Å². The Bertz CT molecular complexity index is 239. The number of aliphatic hydroxyl groups excluding tert-OH is 4. The van der Waals surface area contributed by atoms with Crippen LogP contribution >= 0.6 is 0 Å². The SMILES string of the molecule is CC(C)(C(=O)[O-])N(CC(O)CO)CC(O)CO.[Na+]. The summed E-state index contributed by atoms with van der Waals surface area (Å²) in [7, 11) is 0. The van der Waals surface area contributed by atoms with Crippen molar-refractivity contribution >= 4 is 5.97 Å². The van der Waals surface area contributed by atoms with Crippen molar-refractivity contribution in [3.05, 3.63) is 0 Å². The number of carboxylic acid groups (broad SMARTS) is 1. The second kappa shape index (κ2) is 9.22. The average Bonchev–Trinajstić information content (AvgIpc) is 2.27. The Labute approximate surface area is 128 Å². The van der Waals surface area contributed by atoms with Crippen LogP contribution in [0.5, 0.6) is 0 Å². The molecule has 0 aliphatic carbocycles. The molecule has 0 aliphatic rings. The Balaban J connectivity index is 0. The van der Waals surface area contributed by atoms with Gasteiger partial charge in [-0.2, -0.15) is 0 Å². The van der Waals surface area contributed by atoms with Crippen LogP contribution < -0.4 is 34.7 Å². The largest absolute Gasteiger partial charge is 1.00 e. The summed E-state index contributed by atoms with van der Waals surface area (Å²) in [6, 6.07) is 0. The number of hydrogen-bond donors (Lipinski definition) is 4. The molecule has 0 aromatic carbocycles. The number of carbonyl (C=O) groups is 1. The maximum absolute atomic E-state index is 11.0.